The molecule has 1 aliphatic heterocycles. The number of nitrogens with zero attached hydrogens (tertiary/aromatic N) is 3. The summed E-state index contributed by atoms with van der Waals surface area (Å²) in [5.41, 5.74) is 0. The highest BCUT2D eigenvalue weighted by atomic mass is 32.2. The summed E-state index contributed by atoms with van der Waals surface area (Å²) in [6.45, 7) is 6.48. The summed E-state index contributed by atoms with van der Waals surface area (Å²) < 4.78 is 33.3. The minimum absolute atomic E-state index is 0.0211. The zero-order valence-corrected chi connectivity index (χ0v) is 14.3. The Hall–Kier alpha value is -1.18. The molecule has 124 valence electrons. The van der Waals surface area contributed by atoms with Gasteiger partial charge in [-0.15, -0.1) is 0 Å². The zero-order valence-electron chi connectivity index (χ0n) is 13.5. The van der Waals surface area contributed by atoms with Crippen molar-refractivity contribution in [3.8, 4) is 5.75 Å². The van der Waals surface area contributed by atoms with Gasteiger partial charge in [-0.1, -0.05) is 6.92 Å². The predicted octanol–water partition coefficient (Wildman–Crippen LogP) is 1.59. The number of pyridine rings is 1. The number of aromatic nitrogens is 1. The molecule has 0 bridgehead atoms. The fourth-order valence-corrected chi connectivity index (χ4v) is 4.64. The second-order valence-electron chi connectivity index (χ2n) is 5.55. The normalized spacial score (nSPS) is 21.5. The second-order valence-corrected chi connectivity index (χ2v) is 7.41. The molecule has 1 aromatic rings. The molecule has 0 aromatic carbocycles. The largest absolute Gasteiger partial charge is 0.492 e. The highest BCUT2D eigenvalue weighted by molar-refractivity contribution is 7.89. The van der Waals surface area contributed by atoms with Crippen molar-refractivity contribution < 1.29 is 13.2 Å². The van der Waals surface area contributed by atoms with Crippen LogP contribution < -0.4 is 4.74 Å². The van der Waals surface area contributed by atoms with Crippen molar-refractivity contribution in [1.29, 1.82) is 0 Å². The van der Waals surface area contributed by atoms with E-state index in [4.69, 9.17) is 4.74 Å². The first-order chi connectivity index (χ1) is 10.5. The fourth-order valence-electron chi connectivity index (χ4n) is 2.83. The van der Waals surface area contributed by atoms with Crippen LogP contribution in [0.25, 0.3) is 0 Å². The van der Waals surface area contributed by atoms with Gasteiger partial charge in [0, 0.05) is 25.3 Å². The molecule has 2 heterocycles. The summed E-state index contributed by atoms with van der Waals surface area (Å²) in [5, 5.41) is 0. The minimum Gasteiger partial charge on any atom is -0.492 e. The van der Waals surface area contributed by atoms with E-state index >= 15 is 0 Å². The molecule has 6 nitrogen and oxygen atoms in total. The first-order valence-corrected chi connectivity index (χ1v) is 9.21. The molecular formula is C15H25N3O3S. The fraction of sp³-hybridized carbons (Fsp3) is 0.667. The van der Waals surface area contributed by atoms with Gasteiger partial charge in [-0.3, -0.25) is 4.98 Å². The number of hydrogen-bond acceptors (Lipinski definition) is 5. The van der Waals surface area contributed by atoms with Crippen LogP contribution in [0.2, 0.25) is 0 Å². The molecule has 1 fully saturated rings. The Morgan fingerprint density at radius 3 is 2.82 bits per heavy atom. The molecule has 0 amide bonds. The zero-order chi connectivity index (χ0) is 16.2. The smallest absolute Gasteiger partial charge is 0.248 e. The van der Waals surface area contributed by atoms with Gasteiger partial charge in [0.25, 0.3) is 0 Å². The van der Waals surface area contributed by atoms with Crippen LogP contribution in [-0.2, 0) is 10.0 Å². The number of rotatable bonds is 5. The molecule has 0 saturated carbocycles. The molecule has 0 unspecified atom stereocenters. The summed E-state index contributed by atoms with van der Waals surface area (Å²) >= 11 is 0. The Bertz CT molecular complexity index is 591. The molecular weight excluding hydrogens is 302 g/mol. The minimum atomic E-state index is -3.60. The average molecular weight is 327 g/mol. The Balaban J connectivity index is 2.40. The van der Waals surface area contributed by atoms with Gasteiger partial charge in [0.05, 0.1) is 12.8 Å². The Labute approximate surface area is 133 Å². The molecule has 2 rings (SSSR count). The lowest BCUT2D eigenvalue weighted by atomic mass is 10.2. The maximum absolute atomic E-state index is 13.1. The Morgan fingerprint density at radius 2 is 2.14 bits per heavy atom. The lowest BCUT2D eigenvalue weighted by Crippen LogP contribution is -2.43. The summed E-state index contributed by atoms with van der Waals surface area (Å²) in [7, 11) is -1.57. The third kappa shape index (κ3) is 3.59. The molecule has 1 atom stereocenters. The van der Waals surface area contributed by atoms with Crippen molar-refractivity contribution in [2.24, 2.45) is 0 Å². The number of sulfonamides is 1. The molecule has 1 aromatic heterocycles. The van der Waals surface area contributed by atoms with Crippen LogP contribution in [0.4, 0.5) is 0 Å². The topological polar surface area (TPSA) is 62.7 Å². The van der Waals surface area contributed by atoms with Crippen molar-refractivity contribution >= 4 is 10.0 Å². The monoisotopic (exact) mass is 327 g/mol. The van der Waals surface area contributed by atoms with Gasteiger partial charge < -0.3 is 9.64 Å². The number of ether oxygens (including phenoxy) is 1. The van der Waals surface area contributed by atoms with E-state index in [1.807, 2.05) is 20.9 Å². The first-order valence-electron chi connectivity index (χ1n) is 7.77. The molecule has 0 aliphatic carbocycles. The number of hydrogen-bond donors (Lipinski definition) is 0. The summed E-state index contributed by atoms with van der Waals surface area (Å²) in [5.74, 6) is 0.380. The summed E-state index contributed by atoms with van der Waals surface area (Å²) in [4.78, 5) is 6.34. The number of likely N-dealkylation sites (N-methyl/N-ethyl adjacent to an activating group) is 1. The second kappa shape index (κ2) is 7.39. The highest BCUT2D eigenvalue weighted by Gasteiger charge is 2.34. The van der Waals surface area contributed by atoms with Crippen LogP contribution in [0.1, 0.15) is 26.7 Å². The highest BCUT2D eigenvalue weighted by Crippen LogP contribution is 2.28. The predicted molar refractivity (Wildman–Crippen MR) is 85.5 cm³/mol. The van der Waals surface area contributed by atoms with E-state index in [9.17, 15) is 8.42 Å². The van der Waals surface area contributed by atoms with E-state index in [0.29, 0.717) is 18.9 Å². The first kappa shape index (κ1) is 17.2. The van der Waals surface area contributed by atoms with Crippen molar-refractivity contribution in [3.63, 3.8) is 0 Å². The maximum Gasteiger partial charge on any atom is 0.248 e. The van der Waals surface area contributed by atoms with Gasteiger partial charge in [0.15, 0.2) is 0 Å². The van der Waals surface area contributed by atoms with Gasteiger partial charge in [0.2, 0.25) is 10.0 Å². The van der Waals surface area contributed by atoms with E-state index in [1.54, 1.807) is 16.6 Å². The van der Waals surface area contributed by atoms with E-state index in [0.717, 1.165) is 25.9 Å². The SMILES string of the molecule is CCOc1ccncc1S(=O)(=O)N1CCCN(C)C[C@H]1CC. The van der Waals surface area contributed by atoms with Gasteiger partial charge in [0.1, 0.15) is 10.6 Å². The van der Waals surface area contributed by atoms with Crippen molar-refractivity contribution in [2.75, 3.05) is 33.3 Å². The third-order valence-electron chi connectivity index (χ3n) is 3.95. The summed E-state index contributed by atoms with van der Waals surface area (Å²) in [6, 6.07) is 1.59. The van der Waals surface area contributed by atoms with Crippen LogP contribution in [0.5, 0.6) is 5.75 Å². The molecule has 0 radical (unpaired) electrons. The quantitative estimate of drug-likeness (QED) is 0.822. The Morgan fingerprint density at radius 1 is 1.36 bits per heavy atom. The van der Waals surface area contributed by atoms with Crippen LogP contribution in [0.3, 0.4) is 0 Å². The molecule has 7 heteroatoms. The Kier molecular flexibility index (Phi) is 5.77. The van der Waals surface area contributed by atoms with Gasteiger partial charge in [-0.05, 0) is 39.4 Å². The molecule has 1 aliphatic rings. The molecule has 22 heavy (non-hydrogen) atoms. The van der Waals surface area contributed by atoms with Crippen molar-refractivity contribution in [1.82, 2.24) is 14.2 Å². The molecule has 0 N–H and O–H groups in total. The van der Waals surface area contributed by atoms with Gasteiger partial charge in [-0.25, -0.2) is 8.42 Å². The van der Waals surface area contributed by atoms with Crippen molar-refractivity contribution in [2.45, 2.75) is 37.6 Å². The van der Waals surface area contributed by atoms with E-state index < -0.39 is 10.0 Å². The van der Waals surface area contributed by atoms with E-state index in [2.05, 4.69) is 9.88 Å². The lowest BCUT2D eigenvalue weighted by molar-refractivity contribution is 0.269. The van der Waals surface area contributed by atoms with Gasteiger partial charge in [-0.2, -0.15) is 4.31 Å². The maximum atomic E-state index is 13.1. The van der Waals surface area contributed by atoms with Crippen LogP contribution >= 0.6 is 0 Å². The van der Waals surface area contributed by atoms with Crippen LogP contribution in [-0.4, -0.2) is 61.9 Å². The van der Waals surface area contributed by atoms with Crippen LogP contribution in [0, 0.1) is 0 Å². The van der Waals surface area contributed by atoms with Crippen LogP contribution in [0.15, 0.2) is 23.4 Å². The molecule has 1 saturated heterocycles. The third-order valence-corrected chi connectivity index (χ3v) is 5.91. The summed E-state index contributed by atoms with van der Waals surface area (Å²) in [6.07, 6.45) is 4.56. The van der Waals surface area contributed by atoms with E-state index in [-0.39, 0.29) is 10.9 Å². The lowest BCUT2D eigenvalue weighted by Gasteiger charge is -2.29. The standard InChI is InChI=1S/C15H25N3O3S/c1-4-13-12-17(3)9-6-10-18(13)22(19,20)15-11-16-8-7-14(15)21-5-2/h7-8,11,13H,4-6,9-10,12H2,1-3H3/t13-/m1/s1. The average Bonchev–Trinajstić information content (AvgIpc) is 2.69. The van der Waals surface area contributed by atoms with Gasteiger partial charge >= 0.3 is 0 Å². The molecule has 0 spiro atoms. The van der Waals surface area contributed by atoms with Crippen molar-refractivity contribution in [3.05, 3.63) is 18.5 Å². The van der Waals surface area contributed by atoms with E-state index in [1.165, 1.54) is 6.20 Å².